The van der Waals surface area contributed by atoms with Crippen molar-refractivity contribution in [2.24, 2.45) is 0 Å². The van der Waals surface area contributed by atoms with E-state index in [1.54, 1.807) is 18.2 Å². The lowest BCUT2D eigenvalue weighted by atomic mass is 9.95. The fourth-order valence-corrected chi connectivity index (χ4v) is 5.26. The van der Waals surface area contributed by atoms with Crippen molar-refractivity contribution in [2.75, 3.05) is 39.3 Å². The van der Waals surface area contributed by atoms with Crippen molar-refractivity contribution in [3.05, 3.63) is 68.8 Å². The summed E-state index contributed by atoms with van der Waals surface area (Å²) < 4.78 is 25.4. The van der Waals surface area contributed by atoms with E-state index in [1.807, 2.05) is 19.9 Å². The molecule has 3 aliphatic heterocycles. The largest absolute Gasteiger partial charge is 0.457 e. The molecule has 3 heterocycles. The van der Waals surface area contributed by atoms with Gasteiger partial charge >= 0.3 is 11.9 Å². The highest BCUT2D eigenvalue weighted by Gasteiger charge is 2.29. The van der Waals surface area contributed by atoms with Gasteiger partial charge in [0, 0.05) is 50.4 Å². The molecule has 2 aromatic carbocycles. The number of carbonyl (C=O) groups is 2. The number of piperazine rings is 1. The van der Waals surface area contributed by atoms with Gasteiger partial charge in [0.05, 0.1) is 17.2 Å². The Hall–Kier alpha value is -2.81. The van der Waals surface area contributed by atoms with Gasteiger partial charge in [-0.15, -0.1) is 0 Å². The number of rotatable bonds is 6. The first-order chi connectivity index (χ1) is 16.3. The molecule has 0 amide bonds. The number of nitrogens with zero attached hydrogens (tertiary/aromatic N) is 2. The minimum atomic E-state index is -1.14. The number of carbonyl (C=O) groups excluding carboxylic acids is 2. The van der Waals surface area contributed by atoms with Gasteiger partial charge in [-0.3, -0.25) is 9.80 Å². The third-order valence-corrected chi connectivity index (χ3v) is 7.43. The molecular formula is C26H29FN2O5. The van der Waals surface area contributed by atoms with Gasteiger partial charge in [0.2, 0.25) is 0 Å². The molecule has 2 unspecified atom stereocenters. The Bertz CT molecular complexity index is 1050. The van der Waals surface area contributed by atoms with E-state index < -0.39 is 12.3 Å². The number of hydrogen-bond acceptors (Lipinski definition) is 7. The Kier molecular flexibility index (Phi) is 6.14. The Balaban J connectivity index is 1.16. The minimum Gasteiger partial charge on any atom is -0.457 e. The summed E-state index contributed by atoms with van der Waals surface area (Å²) in [6.45, 7) is 7.93. The standard InChI is InChI=1S/C26H29FN2O5/c1-15-17(3-5-19-21(15)13-33-25(19)31)23(27)11-28-7-9-29(10-8-28)12-24(30)18-4-6-20-22(16(18)2)14-34-26(20)32/h3-6,23-24,30H,7-14H2,1-2H3. The van der Waals surface area contributed by atoms with E-state index in [0.717, 1.165) is 40.9 Å². The van der Waals surface area contributed by atoms with Crippen LogP contribution in [-0.4, -0.2) is 66.1 Å². The number of ether oxygens (including phenoxy) is 2. The van der Waals surface area contributed by atoms with Gasteiger partial charge in [0.1, 0.15) is 19.4 Å². The summed E-state index contributed by atoms with van der Waals surface area (Å²) in [7, 11) is 0. The van der Waals surface area contributed by atoms with Crippen molar-refractivity contribution >= 4 is 11.9 Å². The first-order valence-corrected chi connectivity index (χ1v) is 11.7. The smallest absolute Gasteiger partial charge is 0.338 e. The number of benzene rings is 2. The lowest BCUT2D eigenvalue weighted by molar-refractivity contribution is 0.0525. The topological polar surface area (TPSA) is 79.3 Å². The van der Waals surface area contributed by atoms with Crippen LogP contribution < -0.4 is 0 Å². The van der Waals surface area contributed by atoms with Crippen LogP contribution in [0.25, 0.3) is 0 Å². The van der Waals surface area contributed by atoms with Crippen LogP contribution in [0.4, 0.5) is 4.39 Å². The third-order valence-electron chi connectivity index (χ3n) is 7.43. The minimum absolute atomic E-state index is 0.217. The molecule has 7 nitrogen and oxygen atoms in total. The molecule has 180 valence electrons. The molecule has 0 aromatic heterocycles. The molecule has 0 saturated carbocycles. The molecule has 0 radical (unpaired) electrons. The molecule has 1 N–H and O–H groups in total. The lowest BCUT2D eigenvalue weighted by Gasteiger charge is -2.36. The maximum absolute atomic E-state index is 15.2. The summed E-state index contributed by atoms with van der Waals surface area (Å²) >= 11 is 0. The number of hydrogen-bond donors (Lipinski definition) is 1. The van der Waals surface area contributed by atoms with E-state index in [4.69, 9.17) is 9.47 Å². The van der Waals surface area contributed by atoms with Crippen molar-refractivity contribution in [1.82, 2.24) is 9.80 Å². The molecule has 34 heavy (non-hydrogen) atoms. The number of aliphatic hydroxyl groups is 1. The zero-order chi connectivity index (χ0) is 24.0. The van der Waals surface area contributed by atoms with E-state index in [1.165, 1.54) is 0 Å². The molecule has 2 aromatic rings. The number of aliphatic hydroxyl groups excluding tert-OH is 1. The first-order valence-electron chi connectivity index (χ1n) is 11.7. The van der Waals surface area contributed by atoms with Crippen LogP contribution in [0.5, 0.6) is 0 Å². The Labute approximate surface area is 198 Å². The van der Waals surface area contributed by atoms with Crippen LogP contribution in [0, 0.1) is 13.8 Å². The molecule has 0 spiro atoms. The summed E-state index contributed by atoms with van der Waals surface area (Å²) in [5.41, 5.74) is 5.92. The molecule has 0 aliphatic carbocycles. The highest BCUT2D eigenvalue weighted by molar-refractivity contribution is 5.94. The monoisotopic (exact) mass is 468 g/mol. The average Bonchev–Trinajstić information content (AvgIpc) is 3.39. The molecule has 0 bridgehead atoms. The lowest BCUT2D eigenvalue weighted by Crippen LogP contribution is -2.48. The zero-order valence-electron chi connectivity index (χ0n) is 19.5. The van der Waals surface area contributed by atoms with Crippen LogP contribution in [0.1, 0.15) is 66.4 Å². The number of fused-ring (bicyclic) bond motifs is 2. The van der Waals surface area contributed by atoms with E-state index in [9.17, 15) is 14.7 Å². The molecule has 1 fully saturated rings. The summed E-state index contributed by atoms with van der Waals surface area (Å²) in [6.07, 6.45) is -1.81. The second-order valence-electron chi connectivity index (χ2n) is 9.35. The van der Waals surface area contributed by atoms with Crippen LogP contribution in [0.2, 0.25) is 0 Å². The highest BCUT2D eigenvalue weighted by Crippen LogP contribution is 2.32. The second kappa shape index (κ2) is 9.09. The predicted molar refractivity (Wildman–Crippen MR) is 122 cm³/mol. The van der Waals surface area contributed by atoms with Crippen LogP contribution in [-0.2, 0) is 22.7 Å². The molecule has 1 saturated heterocycles. The fraction of sp³-hybridized carbons (Fsp3) is 0.462. The number of halogens is 1. The second-order valence-corrected chi connectivity index (χ2v) is 9.35. The van der Waals surface area contributed by atoms with E-state index in [-0.39, 0.29) is 25.2 Å². The van der Waals surface area contributed by atoms with E-state index in [0.29, 0.717) is 42.9 Å². The van der Waals surface area contributed by atoms with Gasteiger partial charge < -0.3 is 14.6 Å². The quantitative estimate of drug-likeness (QED) is 0.653. The number of β-amino-alcohol motifs (C(OH)–C–C–N with tert-alkyl or cyclic N) is 1. The Morgan fingerprint density at radius 2 is 1.29 bits per heavy atom. The van der Waals surface area contributed by atoms with Crippen molar-refractivity contribution in [1.29, 1.82) is 0 Å². The fourth-order valence-electron chi connectivity index (χ4n) is 5.26. The first kappa shape index (κ1) is 23.0. The van der Waals surface area contributed by atoms with Crippen LogP contribution >= 0.6 is 0 Å². The summed E-state index contributed by atoms with van der Waals surface area (Å²) in [5, 5.41) is 10.9. The van der Waals surface area contributed by atoms with Crippen LogP contribution in [0.3, 0.4) is 0 Å². The van der Waals surface area contributed by atoms with E-state index >= 15 is 4.39 Å². The SMILES string of the molecule is Cc1c(C(O)CN2CCN(CC(F)c3ccc4c(c3C)COC4=O)CC2)ccc2c1COC2=O. The summed E-state index contributed by atoms with van der Waals surface area (Å²) in [6, 6.07) is 6.92. The number of cyclic esters (lactones) is 2. The molecular weight excluding hydrogens is 439 g/mol. The average molecular weight is 469 g/mol. The number of esters is 2. The van der Waals surface area contributed by atoms with Gasteiger partial charge in [0.25, 0.3) is 0 Å². The highest BCUT2D eigenvalue weighted by atomic mass is 19.1. The van der Waals surface area contributed by atoms with Gasteiger partial charge in [0.15, 0.2) is 0 Å². The maximum Gasteiger partial charge on any atom is 0.338 e. The zero-order valence-corrected chi connectivity index (χ0v) is 19.5. The summed E-state index contributed by atoms with van der Waals surface area (Å²) in [4.78, 5) is 27.8. The van der Waals surface area contributed by atoms with Crippen molar-refractivity contribution in [2.45, 2.75) is 39.3 Å². The van der Waals surface area contributed by atoms with Crippen molar-refractivity contribution < 1.29 is 28.6 Å². The van der Waals surface area contributed by atoms with Crippen molar-refractivity contribution in [3.63, 3.8) is 0 Å². The number of alkyl halides is 1. The van der Waals surface area contributed by atoms with Gasteiger partial charge in [-0.25, -0.2) is 14.0 Å². The van der Waals surface area contributed by atoms with Crippen LogP contribution in [0.15, 0.2) is 24.3 Å². The third kappa shape index (κ3) is 4.10. The maximum atomic E-state index is 15.2. The molecule has 8 heteroatoms. The van der Waals surface area contributed by atoms with Gasteiger partial charge in [-0.2, -0.15) is 0 Å². The molecule has 3 aliphatic rings. The normalized spacial score (nSPS) is 20.0. The van der Waals surface area contributed by atoms with Gasteiger partial charge in [-0.1, -0.05) is 12.1 Å². The Morgan fingerprint density at radius 1 is 0.824 bits per heavy atom. The van der Waals surface area contributed by atoms with E-state index in [2.05, 4.69) is 9.80 Å². The predicted octanol–water partition coefficient (Wildman–Crippen LogP) is 3.01. The summed E-state index contributed by atoms with van der Waals surface area (Å²) in [5.74, 6) is -0.645. The molecule has 2 atom stereocenters. The van der Waals surface area contributed by atoms with Crippen molar-refractivity contribution in [3.8, 4) is 0 Å². The van der Waals surface area contributed by atoms with Gasteiger partial charge in [-0.05, 0) is 48.2 Å². The molecule has 5 rings (SSSR count). The Morgan fingerprint density at radius 3 is 1.85 bits per heavy atom.